The van der Waals surface area contributed by atoms with E-state index in [2.05, 4.69) is 24.3 Å². The van der Waals surface area contributed by atoms with Crippen molar-refractivity contribution in [2.24, 2.45) is 0 Å². The molecule has 84 heavy (non-hydrogen) atoms. The number of hydrogen-bond acceptors (Lipinski definition) is 20. The van der Waals surface area contributed by atoms with E-state index in [1.807, 2.05) is 24.3 Å². The van der Waals surface area contributed by atoms with E-state index in [4.69, 9.17) is 83.8 Å². The Labute approximate surface area is 482 Å². The van der Waals surface area contributed by atoms with Crippen molar-refractivity contribution >= 4 is 45.5 Å². The van der Waals surface area contributed by atoms with Crippen molar-refractivity contribution in [3.8, 4) is 92.0 Å². The molecule has 8 bridgehead atoms. The Bertz CT molecular complexity index is 3260. The van der Waals surface area contributed by atoms with Crippen LogP contribution in [0.5, 0.6) is 92.0 Å². The molecule has 0 atom stereocenters. The molecule has 4 heterocycles. The maximum absolute atomic E-state index is 10.8. The number of nitrogens with two attached hydrogens (primary N) is 8. The highest BCUT2D eigenvalue weighted by Gasteiger charge is 2.39. The predicted octanol–water partition coefficient (Wildman–Crippen LogP) is 11.9. The first-order valence-electron chi connectivity index (χ1n) is 28.0. The third-order valence-electron chi connectivity index (χ3n) is 16.5. The molecule has 0 unspecified atom stereocenters. The van der Waals surface area contributed by atoms with Gasteiger partial charge in [0.25, 0.3) is 0 Å². The van der Waals surface area contributed by atoms with E-state index in [1.165, 1.54) is 0 Å². The van der Waals surface area contributed by atoms with Crippen molar-refractivity contribution in [2.45, 2.75) is 75.0 Å². The normalized spacial score (nSPS) is 17.1. The van der Waals surface area contributed by atoms with E-state index in [9.17, 15) is 20.4 Å². The SMILES string of the molecule is Nc1cc2c(cc1N)Oc1cc3c4cc1C(CCCO)c1cc5c(cc1O2)Oc1cc(N)c(N)cc1Oc1cc2c(cc1C5CCCO)C(CCCO)c1cc(c(cc1Oc1cc(N)c(N)cc1O2)Oc1cc(N)c(N)cc1O3)C4CCCO. The fourth-order valence-electron chi connectivity index (χ4n) is 12.3. The fraction of sp³-hybridized carbons (Fsp3) is 0.250. The van der Waals surface area contributed by atoms with Gasteiger partial charge in [0.15, 0.2) is 46.0 Å². The molecule has 20 N–H and O–H groups in total. The van der Waals surface area contributed by atoms with Crippen LogP contribution in [0.15, 0.2) is 97.1 Å². The monoisotopic (exact) mass is 1140 g/mol. The van der Waals surface area contributed by atoms with Crippen LogP contribution < -0.4 is 83.8 Å². The van der Waals surface area contributed by atoms with Crippen LogP contribution in [0, 0.1) is 0 Å². The van der Waals surface area contributed by atoms with Crippen molar-refractivity contribution in [3.05, 3.63) is 142 Å². The van der Waals surface area contributed by atoms with E-state index in [-0.39, 0.29) is 118 Å². The van der Waals surface area contributed by atoms with E-state index in [0.717, 1.165) is 0 Å². The first kappa shape index (κ1) is 53.7. The third kappa shape index (κ3) is 9.38. The zero-order valence-electron chi connectivity index (χ0n) is 45.7. The molecule has 0 spiro atoms. The number of aliphatic hydroxyl groups excluding tert-OH is 4. The summed E-state index contributed by atoms with van der Waals surface area (Å²) in [5, 5.41) is 43.3. The summed E-state index contributed by atoms with van der Waals surface area (Å²) >= 11 is 0. The quantitative estimate of drug-likeness (QED) is 0.0506. The van der Waals surface area contributed by atoms with E-state index in [0.29, 0.717) is 142 Å². The molecule has 8 aromatic rings. The molecule has 13 rings (SSSR count). The molecule has 8 aromatic carbocycles. The van der Waals surface area contributed by atoms with Crippen LogP contribution in [0.4, 0.5) is 45.5 Å². The lowest BCUT2D eigenvalue weighted by molar-refractivity contribution is 0.281. The fourth-order valence-corrected chi connectivity index (χ4v) is 12.3. The summed E-state index contributed by atoms with van der Waals surface area (Å²) in [4.78, 5) is 0. The summed E-state index contributed by atoms with van der Waals surface area (Å²) in [7, 11) is 0. The zero-order valence-corrected chi connectivity index (χ0v) is 45.7. The minimum absolute atomic E-state index is 0.157. The lowest BCUT2D eigenvalue weighted by Crippen LogP contribution is -2.14. The third-order valence-corrected chi connectivity index (χ3v) is 16.5. The largest absolute Gasteiger partial charge is 0.453 e. The number of nitrogen functional groups attached to an aromatic ring is 8. The minimum atomic E-state index is -0.614. The number of rotatable bonds is 12. The predicted molar refractivity (Wildman–Crippen MR) is 320 cm³/mol. The Balaban J connectivity index is 1.25. The molecule has 5 aliphatic rings. The number of aliphatic hydroxyl groups is 4. The average molecular weight is 1140 g/mol. The van der Waals surface area contributed by atoms with Crippen LogP contribution in [0.3, 0.4) is 0 Å². The van der Waals surface area contributed by atoms with Crippen molar-refractivity contribution < 1.29 is 58.3 Å². The lowest BCUT2D eigenvalue weighted by atomic mass is 9.76. The first-order valence-corrected chi connectivity index (χ1v) is 28.0. The Morgan fingerprint density at radius 3 is 0.488 bits per heavy atom. The number of hydrogen-bond donors (Lipinski definition) is 12. The Morgan fingerprint density at radius 2 is 0.357 bits per heavy atom. The van der Waals surface area contributed by atoms with E-state index >= 15 is 0 Å². The molecular formula is C64H64N8O12. The average Bonchev–Trinajstić information content (AvgIpc) is 2.10. The van der Waals surface area contributed by atoms with Gasteiger partial charge >= 0.3 is 0 Å². The summed E-state index contributed by atoms with van der Waals surface area (Å²) in [5.41, 5.74) is 60.0. The smallest absolute Gasteiger partial charge is 0.172 e. The zero-order chi connectivity index (χ0) is 58.2. The van der Waals surface area contributed by atoms with Crippen LogP contribution in [-0.2, 0) is 0 Å². The van der Waals surface area contributed by atoms with Crippen molar-refractivity contribution in [2.75, 3.05) is 72.3 Å². The Hall–Kier alpha value is -9.60. The first-order chi connectivity index (χ1) is 40.7. The Kier molecular flexibility index (Phi) is 13.6. The molecule has 0 aromatic heterocycles. The standard InChI is InChI=1S/C64H64N8O12/c65-41-17-57-58(18-42(41)66)78-50-26-52-36-14-34(50)29(5-1-9-73)33-13-35-30(6-2-10-74)37-15-39-32(8-4-12-76)40-16-38(31(36)7-3-11-75)54(82-62-22-46(70)44(68)20-60(62)80-52)28-56(40)84-64-24-48(72)47(71)23-63(64)83-55(39)27-53(37)81-61-21-45(69)43(67)19-59(61)79-51(35)25-49(33)77-57/h13-32,73-76H,1-12,65-72H2. The van der Waals surface area contributed by atoms with Gasteiger partial charge in [-0.1, -0.05) is 0 Å². The van der Waals surface area contributed by atoms with Gasteiger partial charge in [-0.2, -0.15) is 0 Å². The van der Waals surface area contributed by atoms with Gasteiger partial charge in [-0.05, 0) is 75.6 Å². The second kappa shape index (κ2) is 21.3. The highest BCUT2D eigenvalue weighted by molar-refractivity contribution is 5.77. The second-order valence-electron chi connectivity index (χ2n) is 21.9. The highest BCUT2D eigenvalue weighted by atomic mass is 16.5. The van der Waals surface area contributed by atoms with Gasteiger partial charge < -0.3 is 104 Å². The van der Waals surface area contributed by atoms with Crippen LogP contribution in [0.25, 0.3) is 0 Å². The maximum Gasteiger partial charge on any atom is 0.172 e. The van der Waals surface area contributed by atoms with Crippen LogP contribution in [0.1, 0.15) is 120 Å². The Morgan fingerprint density at radius 1 is 0.214 bits per heavy atom. The van der Waals surface area contributed by atoms with Crippen molar-refractivity contribution in [1.82, 2.24) is 0 Å². The summed E-state index contributed by atoms with van der Waals surface area (Å²) in [6, 6.07) is 28.3. The summed E-state index contributed by atoms with van der Waals surface area (Å²) in [5.74, 6) is 2.13. The van der Waals surface area contributed by atoms with Crippen LogP contribution in [-0.4, -0.2) is 46.9 Å². The highest BCUT2D eigenvalue weighted by Crippen LogP contribution is 2.60. The molecule has 0 radical (unpaired) electrons. The molecule has 1 aliphatic carbocycles. The second-order valence-corrected chi connectivity index (χ2v) is 21.9. The number of benzene rings is 8. The number of ether oxygens (including phenoxy) is 8. The number of fused-ring (bicyclic) bond motifs is 4. The summed E-state index contributed by atoms with van der Waals surface area (Å²) in [6.45, 7) is -0.629. The molecule has 0 amide bonds. The van der Waals surface area contributed by atoms with Gasteiger partial charge in [-0.25, -0.2) is 0 Å². The molecule has 0 saturated heterocycles. The minimum Gasteiger partial charge on any atom is -0.453 e. The van der Waals surface area contributed by atoms with Gasteiger partial charge in [-0.3, -0.25) is 0 Å². The van der Waals surface area contributed by atoms with Gasteiger partial charge in [0.2, 0.25) is 0 Å². The van der Waals surface area contributed by atoms with E-state index < -0.39 is 23.7 Å². The molecule has 4 aliphatic heterocycles. The van der Waals surface area contributed by atoms with Crippen LogP contribution in [0.2, 0.25) is 0 Å². The summed E-state index contributed by atoms with van der Waals surface area (Å²) in [6.07, 6.45) is 2.79. The van der Waals surface area contributed by atoms with Crippen molar-refractivity contribution in [1.29, 1.82) is 0 Å². The van der Waals surface area contributed by atoms with Crippen LogP contribution >= 0.6 is 0 Å². The molecule has 20 nitrogen and oxygen atoms in total. The van der Waals surface area contributed by atoms with E-state index in [1.54, 1.807) is 48.5 Å². The van der Waals surface area contributed by atoms with Gasteiger partial charge in [-0.15, -0.1) is 0 Å². The molecule has 0 fully saturated rings. The topological polar surface area (TPSA) is 363 Å². The van der Waals surface area contributed by atoms with Gasteiger partial charge in [0, 0.05) is 167 Å². The molecule has 20 heteroatoms. The van der Waals surface area contributed by atoms with Gasteiger partial charge in [0.1, 0.15) is 46.0 Å². The maximum atomic E-state index is 10.8. The van der Waals surface area contributed by atoms with Crippen molar-refractivity contribution in [3.63, 3.8) is 0 Å². The van der Waals surface area contributed by atoms with Gasteiger partial charge in [0.05, 0.1) is 45.5 Å². The molecule has 432 valence electrons. The summed E-state index contributed by atoms with van der Waals surface area (Å²) < 4.78 is 56.8. The molecule has 0 saturated carbocycles. The lowest BCUT2D eigenvalue weighted by Gasteiger charge is -2.30. The molecular weight excluding hydrogens is 1070 g/mol. The number of anilines is 8.